The minimum absolute atomic E-state index is 0.0837. The van der Waals surface area contributed by atoms with Crippen molar-refractivity contribution in [2.75, 3.05) is 12.4 Å². The number of fused-ring (bicyclic) bond motifs is 1. The van der Waals surface area contributed by atoms with Crippen LogP contribution in [0.4, 0.5) is 10.5 Å². The van der Waals surface area contributed by atoms with E-state index in [0.29, 0.717) is 6.54 Å². The monoisotopic (exact) mass is 307 g/mol. The fourth-order valence-corrected chi connectivity index (χ4v) is 3.35. The molecule has 0 radical (unpaired) electrons. The van der Waals surface area contributed by atoms with Gasteiger partial charge < -0.3 is 16.0 Å². The number of nitrogens with one attached hydrogen (secondary N) is 1. The Morgan fingerprint density at radius 2 is 2.20 bits per heavy atom. The molecule has 6 heteroatoms. The molecule has 0 fully saturated rings. The van der Waals surface area contributed by atoms with Gasteiger partial charge in [0.2, 0.25) is 0 Å². The fraction of sp³-hybridized carbons (Fsp3) is 0.214. The van der Waals surface area contributed by atoms with E-state index in [1.807, 2.05) is 30.3 Å². The maximum absolute atomic E-state index is 11.6. The van der Waals surface area contributed by atoms with Gasteiger partial charge in [-0.2, -0.15) is 0 Å². The second-order valence-corrected chi connectivity index (χ2v) is 6.57. The number of nitrogens with two attached hydrogens (primary N) is 1. The Morgan fingerprint density at radius 3 is 2.90 bits per heavy atom. The average Bonchev–Trinajstić information content (AvgIpc) is 2.85. The van der Waals surface area contributed by atoms with Crippen LogP contribution in [0.5, 0.6) is 0 Å². The molecule has 0 aliphatic carbocycles. The molecule has 2 aromatic rings. The van der Waals surface area contributed by atoms with Gasteiger partial charge in [-0.3, -0.25) is 0 Å². The number of hydrogen-bond donors (Lipinski definition) is 2. The molecule has 3 N–H and O–H groups in total. The van der Waals surface area contributed by atoms with Gasteiger partial charge in [0.05, 0.1) is 10.4 Å². The number of carbonyl (C=O) groups excluding carboxylic acids is 1. The van der Waals surface area contributed by atoms with E-state index in [1.54, 1.807) is 11.9 Å². The predicted octanol–water partition coefficient (Wildman–Crippen LogP) is 3.43. The van der Waals surface area contributed by atoms with Crippen molar-refractivity contribution in [2.24, 2.45) is 5.73 Å². The molecule has 1 aromatic carbocycles. The second-order valence-electron chi connectivity index (χ2n) is 4.82. The Hall–Kier alpha value is -1.56. The number of amides is 2. The normalized spacial score (nSPS) is 15.8. The molecule has 1 aliphatic rings. The first-order valence-corrected chi connectivity index (χ1v) is 7.40. The largest absolute Gasteiger partial charge is 0.323 e. The van der Waals surface area contributed by atoms with Crippen molar-refractivity contribution < 1.29 is 4.79 Å². The van der Waals surface area contributed by atoms with E-state index >= 15 is 0 Å². The molecular formula is C14H14ClN3OS. The van der Waals surface area contributed by atoms with Crippen LogP contribution in [-0.4, -0.2) is 18.0 Å². The van der Waals surface area contributed by atoms with Crippen LogP contribution < -0.4 is 11.1 Å². The van der Waals surface area contributed by atoms with Gasteiger partial charge in [0, 0.05) is 24.2 Å². The zero-order valence-electron chi connectivity index (χ0n) is 10.9. The first-order chi connectivity index (χ1) is 9.54. The van der Waals surface area contributed by atoms with E-state index in [4.69, 9.17) is 17.3 Å². The van der Waals surface area contributed by atoms with Crippen LogP contribution in [0.3, 0.4) is 0 Å². The Balaban J connectivity index is 1.92. The number of anilines is 1. The molecule has 0 saturated carbocycles. The van der Waals surface area contributed by atoms with Crippen molar-refractivity contribution in [3.8, 4) is 0 Å². The molecule has 1 atom stereocenters. The summed E-state index contributed by atoms with van der Waals surface area (Å²) in [7, 11) is 1.77. The summed E-state index contributed by atoms with van der Waals surface area (Å²) in [6.07, 6.45) is 0. The first kappa shape index (κ1) is 13.4. The minimum atomic E-state index is -0.194. The van der Waals surface area contributed by atoms with Crippen LogP contribution in [0, 0.1) is 0 Å². The molecule has 1 unspecified atom stereocenters. The maximum Gasteiger partial charge on any atom is 0.321 e. The van der Waals surface area contributed by atoms with Gasteiger partial charge in [-0.05, 0) is 35.4 Å². The molecule has 104 valence electrons. The number of thiophene rings is 1. The zero-order chi connectivity index (χ0) is 14.3. The minimum Gasteiger partial charge on any atom is -0.323 e. The van der Waals surface area contributed by atoms with E-state index in [-0.39, 0.29) is 12.1 Å². The molecule has 0 bridgehead atoms. The second kappa shape index (κ2) is 5.09. The van der Waals surface area contributed by atoms with Crippen molar-refractivity contribution >= 4 is 34.7 Å². The Labute approximate surface area is 126 Å². The van der Waals surface area contributed by atoms with Crippen LogP contribution in [0.15, 0.2) is 30.3 Å². The lowest BCUT2D eigenvalue weighted by molar-refractivity contribution is 0.218. The third kappa shape index (κ3) is 2.40. The molecule has 1 aromatic heterocycles. The molecule has 20 heavy (non-hydrogen) atoms. The lowest BCUT2D eigenvalue weighted by Gasteiger charge is -2.26. The zero-order valence-corrected chi connectivity index (χ0v) is 12.5. The number of nitrogens with zero attached hydrogens (tertiary/aromatic N) is 1. The topological polar surface area (TPSA) is 58.4 Å². The Bertz CT molecular complexity index is 670. The third-order valence-corrected chi connectivity index (χ3v) is 4.70. The Kier molecular flexibility index (Phi) is 3.41. The van der Waals surface area contributed by atoms with Gasteiger partial charge in [-0.25, -0.2) is 4.79 Å². The Morgan fingerprint density at radius 1 is 1.40 bits per heavy atom. The van der Waals surface area contributed by atoms with Gasteiger partial charge in [0.25, 0.3) is 0 Å². The molecule has 2 heterocycles. The van der Waals surface area contributed by atoms with Crippen LogP contribution in [0.25, 0.3) is 0 Å². The number of halogens is 1. The van der Waals surface area contributed by atoms with Crippen molar-refractivity contribution in [1.29, 1.82) is 0 Å². The third-order valence-electron chi connectivity index (χ3n) is 3.38. The number of urea groups is 1. The number of benzene rings is 1. The van der Waals surface area contributed by atoms with E-state index in [0.717, 1.165) is 26.0 Å². The van der Waals surface area contributed by atoms with Crippen molar-refractivity contribution in [1.82, 2.24) is 4.90 Å². The van der Waals surface area contributed by atoms with Crippen molar-refractivity contribution in [2.45, 2.75) is 12.6 Å². The molecule has 4 nitrogen and oxygen atoms in total. The average molecular weight is 308 g/mol. The van der Waals surface area contributed by atoms with Crippen LogP contribution in [0.2, 0.25) is 4.34 Å². The quantitative estimate of drug-likeness (QED) is 0.893. The summed E-state index contributed by atoms with van der Waals surface area (Å²) in [5.74, 6) is 0. The van der Waals surface area contributed by atoms with Gasteiger partial charge in [-0.1, -0.05) is 17.7 Å². The summed E-state index contributed by atoms with van der Waals surface area (Å²) in [4.78, 5) is 14.2. The lowest BCUT2D eigenvalue weighted by Crippen LogP contribution is -2.35. The summed E-state index contributed by atoms with van der Waals surface area (Å²) < 4.78 is 0.736. The van der Waals surface area contributed by atoms with E-state index in [9.17, 15) is 4.79 Å². The van der Waals surface area contributed by atoms with Gasteiger partial charge >= 0.3 is 6.03 Å². The lowest BCUT2D eigenvalue weighted by atomic mass is 10.0. The molecule has 2 amide bonds. The standard InChI is InChI=1S/C14H14ClN3OS/c1-18-7-9-6-8(2-3-10(9)17-14(18)19)13(16)11-4-5-12(15)20-11/h2-6,13H,7,16H2,1H3,(H,17,19). The van der Waals surface area contributed by atoms with Crippen LogP contribution in [-0.2, 0) is 6.54 Å². The maximum atomic E-state index is 11.6. The highest BCUT2D eigenvalue weighted by Crippen LogP contribution is 2.32. The number of carbonyl (C=O) groups is 1. The van der Waals surface area contributed by atoms with Gasteiger partial charge in [-0.15, -0.1) is 11.3 Å². The highest BCUT2D eigenvalue weighted by atomic mass is 35.5. The van der Waals surface area contributed by atoms with E-state index in [1.165, 1.54) is 11.3 Å². The van der Waals surface area contributed by atoms with Crippen molar-refractivity contribution in [3.63, 3.8) is 0 Å². The SMILES string of the molecule is CN1Cc2cc(C(N)c3ccc(Cl)s3)ccc2NC1=O. The molecule has 1 aliphatic heterocycles. The summed E-state index contributed by atoms with van der Waals surface area (Å²) in [5, 5.41) is 2.85. The highest BCUT2D eigenvalue weighted by Gasteiger charge is 2.21. The number of hydrogen-bond acceptors (Lipinski definition) is 3. The summed E-state index contributed by atoms with van der Waals surface area (Å²) in [6, 6.07) is 9.43. The molecule has 3 rings (SSSR count). The van der Waals surface area contributed by atoms with Gasteiger partial charge in [0.15, 0.2) is 0 Å². The van der Waals surface area contributed by atoms with Crippen molar-refractivity contribution in [3.05, 3.63) is 50.7 Å². The van der Waals surface area contributed by atoms with Crippen LogP contribution in [0.1, 0.15) is 22.0 Å². The summed E-state index contributed by atoms with van der Waals surface area (Å²) in [5.41, 5.74) is 9.22. The van der Waals surface area contributed by atoms with Crippen LogP contribution >= 0.6 is 22.9 Å². The summed E-state index contributed by atoms with van der Waals surface area (Å²) >= 11 is 7.44. The van der Waals surface area contributed by atoms with Gasteiger partial charge in [0.1, 0.15) is 0 Å². The van der Waals surface area contributed by atoms with E-state index < -0.39 is 0 Å². The predicted molar refractivity (Wildman–Crippen MR) is 82.3 cm³/mol. The summed E-state index contributed by atoms with van der Waals surface area (Å²) in [6.45, 7) is 0.590. The fourth-order valence-electron chi connectivity index (χ4n) is 2.26. The molecular weight excluding hydrogens is 294 g/mol. The molecule has 0 spiro atoms. The van der Waals surface area contributed by atoms with E-state index in [2.05, 4.69) is 5.32 Å². The highest BCUT2D eigenvalue weighted by molar-refractivity contribution is 7.16. The molecule has 0 saturated heterocycles. The first-order valence-electron chi connectivity index (χ1n) is 6.20. The number of rotatable bonds is 2. The smallest absolute Gasteiger partial charge is 0.321 e.